The number of benzene rings is 1. The first kappa shape index (κ1) is 20.0. The van der Waals surface area contributed by atoms with E-state index in [0.717, 1.165) is 48.6 Å². The van der Waals surface area contributed by atoms with Crippen LogP contribution in [-0.4, -0.2) is 50.1 Å². The summed E-state index contributed by atoms with van der Waals surface area (Å²) >= 11 is 0. The number of rotatable bonds is 7. The summed E-state index contributed by atoms with van der Waals surface area (Å²) in [5.41, 5.74) is 8.56. The summed E-state index contributed by atoms with van der Waals surface area (Å²) in [4.78, 5) is 24.2. The van der Waals surface area contributed by atoms with Crippen molar-refractivity contribution in [1.82, 2.24) is 24.6 Å². The number of nitrogens with two attached hydrogens (primary N) is 1. The third-order valence-corrected chi connectivity index (χ3v) is 5.52. The maximum atomic E-state index is 13.3. The zero-order valence-corrected chi connectivity index (χ0v) is 17.3. The van der Waals surface area contributed by atoms with Crippen molar-refractivity contribution in [3.8, 4) is 11.4 Å². The van der Waals surface area contributed by atoms with E-state index in [1.807, 2.05) is 43.6 Å². The second kappa shape index (κ2) is 8.62. The first-order valence-corrected chi connectivity index (χ1v) is 10.2. The predicted octanol–water partition coefficient (Wildman–Crippen LogP) is 2.66. The highest BCUT2D eigenvalue weighted by atomic mass is 16.5. The summed E-state index contributed by atoms with van der Waals surface area (Å²) in [5.74, 6) is 1.94. The quantitative estimate of drug-likeness (QED) is 0.602. The Labute approximate surface area is 175 Å². The molecule has 156 valence electrons. The van der Waals surface area contributed by atoms with Gasteiger partial charge in [0.15, 0.2) is 5.78 Å². The van der Waals surface area contributed by atoms with Crippen molar-refractivity contribution in [2.75, 3.05) is 19.4 Å². The van der Waals surface area contributed by atoms with E-state index in [2.05, 4.69) is 20.0 Å². The summed E-state index contributed by atoms with van der Waals surface area (Å²) in [5, 5.41) is 4.35. The molecule has 0 bridgehead atoms. The lowest BCUT2D eigenvalue weighted by Gasteiger charge is -2.23. The molecule has 2 aromatic heterocycles. The first-order chi connectivity index (χ1) is 14.6. The number of hydrogen-bond acceptors (Lipinski definition) is 7. The molecule has 0 radical (unpaired) electrons. The lowest BCUT2D eigenvalue weighted by molar-refractivity contribution is 0.0863. The number of hydrogen-bond donors (Lipinski definition) is 1. The number of nitrogen functional groups attached to an aromatic ring is 1. The summed E-state index contributed by atoms with van der Waals surface area (Å²) in [6, 6.07) is 7.17. The average molecular weight is 406 g/mol. The number of Topliss-reactive ketones (excluding diaryl/α,β-unsaturated/α-hetero) is 1. The van der Waals surface area contributed by atoms with Gasteiger partial charge in [0.05, 0.1) is 30.6 Å². The van der Waals surface area contributed by atoms with Crippen LogP contribution in [0.3, 0.4) is 0 Å². The fraction of sp³-hybridized carbons (Fsp3) is 0.364. The van der Waals surface area contributed by atoms with Crippen molar-refractivity contribution < 1.29 is 9.53 Å². The van der Waals surface area contributed by atoms with Gasteiger partial charge in [-0.25, -0.2) is 14.6 Å². The molecule has 1 aromatic carbocycles. The van der Waals surface area contributed by atoms with Crippen LogP contribution >= 0.6 is 0 Å². The van der Waals surface area contributed by atoms with Crippen LogP contribution in [0, 0.1) is 0 Å². The van der Waals surface area contributed by atoms with Gasteiger partial charge in [-0.2, -0.15) is 5.10 Å². The third-order valence-electron chi connectivity index (χ3n) is 5.52. The van der Waals surface area contributed by atoms with Crippen LogP contribution in [0.4, 0.5) is 5.82 Å². The molecule has 0 saturated carbocycles. The number of anilines is 1. The molecule has 3 aromatic rings. The normalized spacial score (nSPS) is 16.7. The minimum absolute atomic E-state index is 0.0101. The maximum absolute atomic E-state index is 13.3. The number of ether oxygens (including phenoxy) is 1. The molecule has 2 N–H and O–H groups in total. The Hall–Kier alpha value is -3.26. The fourth-order valence-corrected chi connectivity index (χ4v) is 3.85. The molecule has 1 aliphatic heterocycles. The Bertz CT molecular complexity index is 1010. The third kappa shape index (κ3) is 3.91. The number of aryl methyl sites for hydroxylation is 1. The van der Waals surface area contributed by atoms with Crippen molar-refractivity contribution in [2.45, 2.75) is 38.8 Å². The average Bonchev–Trinajstić information content (AvgIpc) is 3.40. The number of methoxy groups -OCH3 is 1. The van der Waals surface area contributed by atoms with Gasteiger partial charge in [-0.05, 0) is 43.7 Å². The number of carbonyl (C=O) groups is 1. The molecule has 1 fully saturated rings. The van der Waals surface area contributed by atoms with Gasteiger partial charge in [0, 0.05) is 30.9 Å². The maximum Gasteiger partial charge on any atom is 0.185 e. The summed E-state index contributed by atoms with van der Waals surface area (Å²) < 4.78 is 6.78. The molecule has 8 nitrogen and oxygen atoms in total. The SMILES string of the molecule is CCc1ncc(CN2CCCC2C(=O)c2cnn(-c3ccc(OC)cc3)c2N)cn1. The van der Waals surface area contributed by atoms with Crippen LogP contribution < -0.4 is 10.5 Å². The second-order valence-electron chi connectivity index (χ2n) is 7.41. The van der Waals surface area contributed by atoms with Gasteiger partial charge in [0.2, 0.25) is 0 Å². The van der Waals surface area contributed by atoms with E-state index >= 15 is 0 Å². The minimum Gasteiger partial charge on any atom is -0.497 e. The van der Waals surface area contributed by atoms with E-state index in [4.69, 9.17) is 10.5 Å². The minimum atomic E-state index is -0.216. The fourth-order valence-electron chi connectivity index (χ4n) is 3.85. The van der Waals surface area contributed by atoms with E-state index in [9.17, 15) is 4.79 Å². The van der Waals surface area contributed by atoms with E-state index < -0.39 is 0 Å². The van der Waals surface area contributed by atoms with Crippen molar-refractivity contribution in [3.05, 3.63) is 59.8 Å². The van der Waals surface area contributed by atoms with Gasteiger partial charge in [0.25, 0.3) is 0 Å². The molecule has 1 unspecified atom stereocenters. The van der Waals surface area contributed by atoms with E-state index in [0.29, 0.717) is 17.9 Å². The van der Waals surface area contributed by atoms with Gasteiger partial charge < -0.3 is 10.5 Å². The van der Waals surface area contributed by atoms with Gasteiger partial charge >= 0.3 is 0 Å². The van der Waals surface area contributed by atoms with Crippen LogP contribution in [0.1, 0.15) is 41.5 Å². The molecule has 30 heavy (non-hydrogen) atoms. The molecular weight excluding hydrogens is 380 g/mol. The molecule has 0 aliphatic carbocycles. The molecule has 1 aliphatic rings. The Morgan fingerprint density at radius 3 is 2.60 bits per heavy atom. The lowest BCUT2D eigenvalue weighted by Crippen LogP contribution is -2.36. The Morgan fingerprint density at radius 2 is 1.93 bits per heavy atom. The van der Waals surface area contributed by atoms with Crippen LogP contribution in [-0.2, 0) is 13.0 Å². The standard InChI is InChI=1S/C22H26N6O2/c1-3-20-24-11-15(12-25-20)14-27-10-4-5-19(27)21(29)18-13-26-28(22(18)23)16-6-8-17(30-2)9-7-16/h6-9,11-13,19H,3-5,10,14,23H2,1-2H3. The smallest absolute Gasteiger partial charge is 0.185 e. The Kier molecular flexibility index (Phi) is 5.76. The van der Waals surface area contributed by atoms with Gasteiger partial charge in [0.1, 0.15) is 17.4 Å². The van der Waals surface area contributed by atoms with Crippen molar-refractivity contribution in [1.29, 1.82) is 0 Å². The van der Waals surface area contributed by atoms with E-state index in [1.54, 1.807) is 18.0 Å². The van der Waals surface area contributed by atoms with Crippen LogP contribution in [0.5, 0.6) is 5.75 Å². The van der Waals surface area contributed by atoms with Crippen LogP contribution in [0.15, 0.2) is 42.9 Å². The molecule has 0 amide bonds. The predicted molar refractivity (Wildman–Crippen MR) is 114 cm³/mol. The second-order valence-corrected chi connectivity index (χ2v) is 7.41. The zero-order chi connectivity index (χ0) is 21.1. The highest BCUT2D eigenvalue weighted by molar-refractivity contribution is 6.03. The number of likely N-dealkylation sites (tertiary alicyclic amines) is 1. The van der Waals surface area contributed by atoms with Crippen LogP contribution in [0.25, 0.3) is 5.69 Å². The Morgan fingerprint density at radius 1 is 1.20 bits per heavy atom. The van der Waals surface area contributed by atoms with Crippen molar-refractivity contribution >= 4 is 11.6 Å². The molecule has 1 saturated heterocycles. The number of ketones is 1. The number of carbonyl (C=O) groups excluding carboxylic acids is 1. The van der Waals surface area contributed by atoms with E-state index in [-0.39, 0.29) is 11.8 Å². The summed E-state index contributed by atoms with van der Waals surface area (Å²) in [7, 11) is 1.62. The Balaban J connectivity index is 1.52. The highest BCUT2D eigenvalue weighted by Crippen LogP contribution is 2.27. The molecule has 0 spiro atoms. The van der Waals surface area contributed by atoms with Gasteiger partial charge in [-0.3, -0.25) is 9.69 Å². The number of nitrogens with zero attached hydrogens (tertiary/aromatic N) is 5. The van der Waals surface area contributed by atoms with Gasteiger partial charge in [-0.15, -0.1) is 0 Å². The summed E-state index contributed by atoms with van der Waals surface area (Å²) in [6.07, 6.45) is 7.85. The summed E-state index contributed by atoms with van der Waals surface area (Å²) in [6.45, 7) is 3.53. The van der Waals surface area contributed by atoms with Crippen LogP contribution in [0.2, 0.25) is 0 Å². The topological polar surface area (TPSA) is 99.2 Å². The van der Waals surface area contributed by atoms with E-state index in [1.165, 1.54) is 0 Å². The molecule has 4 rings (SSSR count). The molecule has 1 atom stereocenters. The van der Waals surface area contributed by atoms with Crippen molar-refractivity contribution in [2.24, 2.45) is 0 Å². The largest absolute Gasteiger partial charge is 0.497 e. The molecular formula is C22H26N6O2. The molecule has 3 heterocycles. The first-order valence-electron chi connectivity index (χ1n) is 10.2. The molecule has 8 heteroatoms. The van der Waals surface area contributed by atoms with Gasteiger partial charge in [-0.1, -0.05) is 6.92 Å². The van der Waals surface area contributed by atoms with Crippen molar-refractivity contribution in [3.63, 3.8) is 0 Å². The monoisotopic (exact) mass is 406 g/mol. The highest BCUT2D eigenvalue weighted by Gasteiger charge is 2.33. The number of aromatic nitrogens is 4. The zero-order valence-electron chi connectivity index (χ0n) is 17.3. The lowest BCUT2D eigenvalue weighted by atomic mass is 10.0.